The van der Waals surface area contributed by atoms with Crippen molar-refractivity contribution in [3.8, 4) is 11.1 Å². The van der Waals surface area contributed by atoms with Gasteiger partial charge >= 0.3 is 5.65 Å². The molecule has 108 valence electrons. The number of pyridine rings is 1. The number of aromatic nitrogens is 4. The molecule has 1 aromatic carbocycles. The third kappa shape index (κ3) is 1.64. The van der Waals surface area contributed by atoms with Crippen molar-refractivity contribution in [3.63, 3.8) is 0 Å². The van der Waals surface area contributed by atoms with Crippen molar-refractivity contribution >= 4 is 16.6 Å². The standard InChI is InChI=1S/C16H13N5O/c1-10-14(11-5-3-2-4-6-11)15-18-9-12-13(21(15)19-10)7-8-20(17)16(12)22/h2-9H,17H2,1H3/p+1. The predicted octanol–water partition coefficient (Wildman–Crippen LogP) is 1.15. The first-order valence-electron chi connectivity index (χ1n) is 6.92. The highest BCUT2D eigenvalue weighted by Gasteiger charge is 2.22. The fraction of sp³-hybridized carbons (Fsp3) is 0.0625. The van der Waals surface area contributed by atoms with Crippen LogP contribution < -0.4 is 15.9 Å². The lowest BCUT2D eigenvalue weighted by molar-refractivity contribution is -0.551. The molecule has 3 N–H and O–H groups in total. The van der Waals surface area contributed by atoms with Crippen LogP contribution in [0.15, 0.2) is 53.6 Å². The molecule has 0 spiro atoms. The molecule has 0 aliphatic carbocycles. The summed E-state index contributed by atoms with van der Waals surface area (Å²) in [4.78, 5) is 16.6. The van der Waals surface area contributed by atoms with Crippen LogP contribution in [-0.4, -0.2) is 14.8 Å². The molecule has 0 unspecified atom stereocenters. The molecule has 3 heterocycles. The summed E-state index contributed by atoms with van der Waals surface area (Å²) in [6.07, 6.45) is 3.13. The van der Waals surface area contributed by atoms with Crippen molar-refractivity contribution in [1.82, 2.24) is 14.8 Å². The van der Waals surface area contributed by atoms with Crippen LogP contribution in [0.25, 0.3) is 27.7 Å². The number of hydrogen-bond acceptors (Lipinski definition) is 3. The van der Waals surface area contributed by atoms with Crippen LogP contribution in [0, 0.1) is 6.92 Å². The Labute approximate surface area is 125 Å². The number of nitrogen functional groups attached to an aromatic ring is 1. The smallest absolute Gasteiger partial charge is 0.336 e. The van der Waals surface area contributed by atoms with E-state index in [1.165, 1.54) is 0 Å². The average Bonchev–Trinajstić information content (AvgIpc) is 2.88. The molecule has 0 radical (unpaired) electrons. The maximum atomic E-state index is 12.1. The van der Waals surface area contributed by atoms with Crippen molar-refractivity contribution in [2.45, 2.75) is 6.92 Å². The van der Waals surface area contributed by atoms with E-state index in [1.54, 1.807) is 18.5 Å². The van der Waals surface area contributed by atoms with Crippen LogP contribution in [-0.2, 0) is 0 Å². The lowest BCUT2D eigenvalue weighted by atomic mass is 10.1. The molecular formula is C16H14N5O+. The summed E-state index contributed by atoms with van der Waals surface area (Å²) in [6, 6.07) is 11.8. The van der Waals surface area contributed by atoms with Gasteiger partial charge in [0, 0.05) is 12.3 Å². The van der Waals surface area contributed by atoms with Gasteiger partial charge in [0.15, 0.2) is 11.7 Å². The van der Waals surface area contributed by atoms with Gasteiger partial charge in [-0.25, -0.2) is 9.77 Å². The first-order chi connectivity index (χ1) is 10.7. The van der Waals surface area contributed by atoms with Crippen LogP contribution in [0.2, 0.25) is 0 Å². The molecule has 6 nitrogen and oxygen atoms in total. The van der Waals surface area contributed by atoms with Gasteiger partial charge < -0.3 is 5.84 Å². The van der Waals surface area contributed by atoms with E-state index in [-0.39, 0.29) is 5.56 Å². The first-order valence-corrected chi connectivity index (χ1v) is 6.92. The number of nitrogens with zero attached hydrogens (tertiary/aromatic N) is 3. The molecular weight excluding hydrogens is 278 g/mol. The van der Waals surface area contributed by atoms with Crippen LogP contribution in [0.1, 0.15) is 5.69 Å². The molecule has 0 aliphatic heterocycles. The van der Waals surface area contributed by atoms with Gasteiger partial charge in [0.05, 0.1) is 5.69 Å². The fourth-order valence-corrected chi connectivity index (χ4v) is 2.80. The van der Waals surface area contributed by atoms with Crippen molar-refractivity contribution < 1.29 is 4.52 Å². The zero-order chi connectivity index (χ0) is 15.3. The second-order valence-electron chi connectivity index (χ2n) is 5.22. The molecule has 0 atom stereocenters. The third-order valence-electron chi connectivity index (χ3n) is 3.84. The van der Waals surface area contributed by atoms with Gasteiger partial charge in [-0.3, -0.25) is 4.79 Å². The monoisotopic (exact) mass is 292 g/mol. The van der Waals surface area contributed by atoms with E-state index >= 15 is 0 Å². The molecule has 0 bridgehead atoms. The minimum absolute atomic E-state index is 0.270. The Bertz CT molecular complexity index is 1060. The van der Waals surface area contributed by atoms with E-state index in [4.69, 9.17) is 5.84 Å². The van der Waals surface area contributed by atoms with Gasteiger partial charge in [-0.15, -0.1) is 4.52 Å². The highest BCUT2D eigenvalue weighted by molar-refractivity contribution is 5.81. The van der Waals surface area contributed by atoms with Gasteiger partial charge in [0.2, 0.25) is 0 Å². The van der Waals surface area contributed by atoms with Crippen LogP contribution in [0.3, 0.4) is 0 Å². The number of benzene rings is 1. The molecule has 3 aromatic heterocycles. The van der Waals surface area contributed by atoms with Crippen LogP contribution in [0.5, 0.6) is 0 Å². The van der Waals surface area contributed by atoms with Gasteiger partial charge in [-0.2, -0.15) is 0 Å². The predicted molar refractivity (Wildman–Crippen MR) is 83.8 cm³/mol. The summed E-state index contributed by atoms with van der Waals surface area (Å²) in [5.74, 6) is 5.61. The summed E-state index contributed by atoms with van der Waals surface area (Å²) < 4.78 is 2.89. The second-order valence-corrected chi connectivity index (χ2v) is 5.22. The lowest BCUT2D eigenvalue weighted by Gasteiger charge is -1.98. The fourth-order valence-electron chi connectivity index (χ4n) is 2.80. The van der Waals surface area contributed by atoms with E-state index in [0.29, 0.717) is 5.39 Å². The maximum absolute atomic E-state index is 12.1. The minimum atomic E-state index is -0.270. The van der Waals surface area contributed by atoms with Gasteiger partial charge in [0.1, 0.15) is 10.9 Å². The van der Waals surface area contributed by atoms with Crippen LogP contribution >= 0.6 is 0 Å². The molecule has 6 heteroatoms. The number of H-pyrrole nitrogens is 1. The van der Waals surface area contributed by atoms with Crippen molar-refractivity contribution in [3.05, 3.63) is 64.8 Å². The Balaban J connectivity index is 2.15. The van der Waals surface area contributed by atoms with Crippen molar-refractivity contribution in [2.75, 3.05) is 5.84 Å². The zero-order valence-electron chi connectivity index (χ0n) is 11.9. The Morgan fingerprint density at radius 3 is 2.77 bits per heavy atom. The number of nitrogens with two attached hydrogens (primary N) is 1. The summed E-state index contributed by atoms with van der Waals surface area (Å²) >= 11 is 0. The molecule has 4 rings (SSSR count). The van der Waals surface area contributed by atoms with E-state index < -0.39 is 0 Å². The number of aromatic amines is 1. The molecule has 22 heavy (non-hydrogen) atoms. The number of rotatable bonds is 1. The summed E-state index contributed by atoms with van der Waals surface area (Å²) in [7, 11) is 0. The van der Waals surface area contributed by atoms with E-state index in [1.807, 2.05) is 41.8 Å². The third-order valence-corrected chi connectivity index (χ3v) is 3.84. The van der Waals surface area contributed by atoms with Gasteiger partial charge in [0.25, 0.3) is 5.56 Å². The van der Waals surface area contributed by atoms with Gasteiger partial charge in [-0.1, -0.05) is 30.3 Å². The quantitative estimate of drug-likeness (QED) is 0.408. The van der Waals surface area contributed by atoms with E-state index in [9.17, 15) is 4.79 Å². The minimum Gasteiger partial charge on any atom is -0.336 e. The Morgan fingerprint density at radius 2 is 2.00 bits per heavy atom. The molecule has 0 fully saturated rings. The maximum Gasteiger partial charge on any atom is 0.356 e. The Morgan fingerprint density at radius 1 is 1.23 bits per heavy atom. The average molecular weight is 292 g/mol. The number of hydrogen-bond donors (Lipinski definition) is 2. The summed E-state index contributed by atoms with van der Waals surface area (Å²) in [5, 5.41) is 3.76. The first kappa shape index (κ1) is 12.6. The van der Waals surface area contributed by atoms with E-state index in [0.717, 1.165) is 32.7 Å². The van der Waals surface area contributed by atoms with Crippen LogP contribution in [0.4, 0.5) is 0 Å². The highest BCUT2D eigenvalue weighted by atomic mass is 16.1. The zero-order valence-corrected chi connectivity index (χ0v) is 11.9. The Kier molecular flexibility index (Phi) is 2.53. The molecule has 0 amide bonds. The van der Waals surface area contributed by atoms with Gasteiger partial charge in [-0.05, 0) is 17.5 Å². The largest absolute Gasteiger partial charge is 0.356 e. The number of fused-ring (bicyclic) bond motifs is 3. The molecule has 4 aromatic rings. The SMILES string of the molecule is Cc1[nH][n+]2c(ncc3c(=O)n(N)ccc32)c1-c1ccccc1. The van der Waals surface area contributed by atoms with E-state index in [2.05, 4.69) is 10.1 Å². The Hall–Kier alpha value is -3.15. The normalized spacial score (nSPS) is 11.3. The lowest BCUT2D eigenvalue weighted by Crippen LogP contribution is -2.32. The molecule has 0 saturated heterocycles. The molecule has 0 aliphatic rings. The summed E-state index contributed by atoms with van der Waals surface area (Å²) in [6.45, 7) is 1.99. The molecule has 0 saturated carbocycles. The van der Waals surface area contributed by atoms with Crippen molar-refractivity contribution in [2.24, 2.45) is 0 Å². The number of aryl methyl sites for hydroxylation is 1. The second kappa shape index (κ2) is 4.42. The summed E-state index contributed by atoms with van der Waals surface area (Å²) in [5.41, 5.74) is 4.36. The topological polar surface area (TPSA) is 80.8 Å². The highest BCUT2D eigenvalue weighted by Crippen LogP contribution is 2.24. The number of nitrogens with one attached hydrogen (secondary N) is 1. The van der Waals surface area contributed by atoms with Crippen molar-refractivity contribution in [1.29, 1.82) is 0 Å².